The summed E-state index contributed by atoms with van der Waals surface area (Å²) < 4.78 is 1.55. The number of nitrogens with one attached hydrogen (secondary N) is 1. The Morgan fingerprint density at radius 1 is 1.28 bits per heavy atom. The van der Waals surface area contributed by atoms with Gasteiger partial charge in [0.15, 0.2) is 0 Å². The van der Waals surface area contributed by atoms with Crippen LogP contribution in [0.4, 0.5) is 5.69 Å². The molecule has 1 fully saturated rings. The van der Waals surface area contributed by atoms with Gasteiger partial charge in [-0.25, -0.2) is 4.68 Å². The maximum atomic E-state index is 12.6. The third-order valence-electron chi connectivity index (χ3n) is 5.70. The minimum absolute atomic E-state index is 0.0192. The van der Waals surface area contributed by atoms with E-state index in [1.165, 1.54) is 31.2 Å². The molecule has 1 N–H and O–H groups in total. The number of nitro benzene ring substituents is 1. The molecule has 1 aliphatic heterocycles. The second-order valence-corrected chi connectivity index (χ2v) is 8.19. The highest BCUT2D eigenvalue weighted by Gasteiger charge is 2.26. The molecule has 8 nitrogen and oxygen atoms in total. The van der Waals surface area contributed by atoms with Gasteiger partial charge in [0.25, 0.3) is 11.6 Å². The smallest absolute Gasteiger partial charge is 0.269 e. The van der Waals surface area contributed by atoms with Gasteiger partial charge < -0.3 is 5.32 Å². The first-order valence-corrected chi connectivity index (χ1v) is 10.2. The Morgan fingerprint density at radius 2 is 1.93 bits per heavy atom. The summed E-state index contributed by atoms with van der Waals surface area (Å²) in [5.41, 5.74) is 1.15. The molecule has 156 valence electrons. The van der Waals surface area contributed by atoms with Crippen LogP contribution in [-0.4, -0.2) is 51.2 Å². The average molecular weight is 399 g/mol. The molecule has 2 heterocycles. The molecular weight excluding hydrogens is 370 g/mol. The van der Waals surface area contributed by atoms with Crippen molar-refractivity contribution in [3.8, 4) is 5.69 Å². The predicted molar refractivity (Wildman–Crippen MR) is 111 cm³/mol. The first kappa shape index (κ1) is 21.0. The number of piperidine rings is 1. The summed E-state index contributed by atoms with van der Waals surface area (Å²) in [6.07, 6.45) is 5.57. The van der Waals surface area contributed by atoms with E-state index >= 15 is 0 Å². The number of hydrogen-bond donors (Lipinski definition) is 1. The Bertz CT molecular complexity index is 838. The molecular formula is C21H29N5O3. The fourth-order valence-corrected chi connectivity index (χ4v) is 3.75. The molecule has 0 bridgehead atoms. The van der Waals surface area contributed by atoms with Crippen LogP contribution in [0.5, 0.6) is 0 Å². The van der Waals surface area contributed by atoms with E-state index in [0.29, 0.717) is 29.8 Å². The van der Waals surface area contributed by atoms with Gasteiger partial charge in [0.1, 0.15) is 0 Å². The van der Waals surface area contributed by atoms with Crippen LogP contribution in [0.1, 0.15) is 44.0 Å². The number of nitrogens with zero attached hydrogens (tertiary/aromatic N) is 4. The number of hydrogen-bond acceptors (Lipinski definition) is 5. The largest absolute Gasteiger partial charge is 0.350 e. The van der Waals surface area contributed by atoms with Crippen molar-refractivity contribution in [2.45, 2.75) is 39.7 Å². The summed E-state index contributed by atoms with van der Waals surface area (Å²) in [5, 5.41) is 18.0. The van der Waals surface area contributed by atoms with Crippen LogP contribution in [0.15, 0.2) is 36.7 Å². The van der Waals surface area contributed by atoms with E-state index in [2.05, 4.69) is 36.1 Å². The normalized spacial score (nSPS) is 16.7. The standard InChI is InChI=1S/C21H29N5O3/c1-15(2)20(24-10-8-16(3)9-11-24)13-22-21(27)17-12-23-25(14-17)18-4-6-19(7-5-18)26(28)29/h4-7,12,14-16,20H,8-11,13H2,1-3H3,(H,22,27)/t20-/m0/s1. The fourth-order valence-electron chi connectivity index (χ4n) is 3.75. The molecule has 0 unspecified atom stereocenters. The summed E-state index contributed by atoms with van der Waals surface area (Å²) in [4.78, 5) is 25.4. The number of benzene rings is 1. The zero-order valence-corrected chi connectivity index (χ0v) is 17.2. The zero-order chi connectivity index (χ0) is 21.0. The summed E-state index contributed by atoms with van der Waals surface area (Å²) in [7, 11) is 0. The van der Waals surface area contributed by atoms with Crippen molar-refractivity contribution in [2.75, 3.05) is 19.6 Å². The molecule has 2 aromatic rings. The van der Waals surface area contributed by atoms with Gasteiger partial charge in [0.05, 0.1) is 22.4 Å². The van der Waals surface area contributed by atoms with E-state index in [0.717, 1.165) is 19.0 Å². The van der Waals surface area contributed by atoms with E-state index in [4.69, 9.17) is 0 Å². The lowest BCUT2D eigenvalue weighted by Gasteiger charge is -2.38. The maximum Gasteiger partial charge on any atom is 0.269 e. The third-order valence-corrected chi connectivity index (χ3v) is 5.70. The minimum Gasteiger partial charge on any atom is -0.350 e. The number of amides is 1. The van der Waals surface area contributed by atoms with Gasteiger partial charge in [-0.1, -0.05) is 20.8 Å². The zero-order valence-electron chi connectivity index (χ0n) is 17.2. The summed E-state index contributed by atoms with van der Waals surface area (Å²) in [6.45, 7) is 9.46. The summed E-state index contributed by atoms with van der Waals surface area (Å²) in [6, 6.07) is 6.38. The van der Waals surface area contributed by atoms with Crippen LogP contribution in [0.2, 0.25) is 0 Å². The first-order valence-electron chi connectivity index (χ1n) is 10.2. The van der Waals surface area contributed by atoms with Gasteiger partial charge in [0, 0.05) is 30.9 Å². The molecule has 1 atom stereocenters. The van der Waals surface area contributed by atoms with Crippen molar-refractivity contribution in [1.29, 1.82) is 0 Å². The van der Waals surface area contributed by atoms with E-state index in [9.17, 15) is 14.9 Å². The minimum atomic E-state index is -0.445. The van der Waals surface area contributed by atoms with Crippen LogP contribution >= 0.6 is 0 Å². The van der Waals surface area contributed by atoms with Crippen molar-refractivity contribution >= 4 is 11.6 Å². The number of aromatic nitrogens is 2. The Kier molecular flexibility index (Phi) is 6.64. The lowest BCUT2D eigenvalue weighted by atomic mass is 9.94. The van der Waals surface area contributed by atoms with Gasteiger partial charge in [-0.2, -0.15) is 5.10 Å². The van der Waals surface area contributed by atoms with Crippen molar-refractivity contribution in [3.63, 3.8) is 0 Å². The molecule has 3 rings (SSSR count). The van der Waals surface area contributed by atoms with Gasteiger partial charge in [-0.15, -0.1) is 0 Å². The van der Waals surface area contributed by atoms with E-state index in [1.54, 1.807) is 23.0 Å². The maximum absolute atomic E-state index is 12.6. The molecule has 0 radical (unpaired) electrons. The second-order valence-electron chi connectivity index (χ2n) is 8.19. The van der Waals surface area contributed by atoms with Crippen LogP contribution in [0.3, 0.4) is 0 Å². The quantitative estimate of drug-likeness (QED) is 0.570. The van der Waals surface area contributed by atoms with Crippen LogP contribution in [0.25, 0.3) is 5.69 Å². The molecule has 8 heteroatoms. The topological polar surface area (TPSA) is 93.3 Å². The number of likely N-dealkylation sites (tertiary alicyclic amines) is 1. The number of carbonyl (C=O) groups excluding carboxylic acids is 1. The highest BCUT2D eigenvalue weighted by Crippen LogP contribution is 2.21. The molecule has 1 aromatic carbocycles. The van der Waals surface area contributed by atoms with Gasteiger partial charge >= 0.3 is 0 Å². The molecule has 1 aromatic heterocycles. The van der Waals surface area contributed by atoms with Crippen LogP contribution in [0, 0.1) is 22.0 Å². The highest BCUT2D eigenvalue weighted by atomic mass is 16.6. The van der Waals surface area contributed by atoms with E-state index < -0.39 is 4.92 Å². The fraction of sp³-hybridized carbons (Fsp3) is 0.524. The number of carbonyl (C=O) groups is 1. The van der Waals surface area contributed by atoms with Crippen molar-refractivity contribution < 1.29 is 9.72 Å². The number of nitro groups is 1. The monoisotopic (exact) mass is 399 g/mol. The number of non-ortho nitro benzene ring substituents is 1. The lowest BCUT2D eigenvalue weighted by Crippen LogP contribution is -2.49. The van der Waals surface area contributed by atoms with Gasteiger partial charge in [-0.05, 0) is 49.9 Å². The van der Waals surface area contributed by atoms with Gasteiger partial charge in [-0.3, -0.25) is 19.8 Å². The Morgan fingerprint density at radius 3 is 2.52 bits per heavy atom. The first-order chi connectivity index (χ1) is 13.8. The average Bonchev–Trinajstić information content (AvgIpc) is 3.19. The van der Waals surface area contributed by atoms with Crippen molar-refractivity contribution in [1.82, 2.24) is 20.0 Å². The molecule has 0 saturated carbocycles. The molecule has 1 aliphatic rings. The Hall–Kier alpha value is -2.74. The Balaban J connectivity index is 1.61. The highest BCUT2D eigenvalue weighted by molar-refractivity contribution is 5.93. The van der Waals surface area contributed by atoms with E-state index in [1.807, 2.05) is 0 Å². The van der Waals surface area contributed by atoms with Crippen LogP contribution < -0.4 is 5.32 Å². The SMILES string of the molecule is CC1CCN([C@@H](CNC(=O)c2cnn(-c3ccc([N+](=O)[O-])cc3)c2)C(C)C)CC1. The second kappa shape index (κ2) is 9.17. The van der Waals surface area contributed by atoms with Crippen molar-refractivity contribution in [3.05, 3.63) is 52.3 Å². The van der Waals surface area contributed by atoms with Crippen LogP contribution in [-0.2, 0) is 0 Å². The number of rotatable bonds is 7. The molecule has 1 saturated heterocycles. The van der Waals surface area contributed by atoms with E-state index in [-0.39, 0.29) is 11.6 Å². The van der Waals surface area contributed by atoms with Gasteiger partial charge in [0.2, 0.25) is 0 Å². The molecule has 1 amide bonds. The summed E-state index contributed by atoms with van der Waals surface area (Å²) >= 11 is 0. The lowest BCUT2D eigenvalue weighted by molar-refractivity contribution is -0.384. The molecule has 29 heavy (non-hydrogen) atoms. The van der Waals surface area contributed by atoms with Crippen molar-refractivity contribution in [2.24, 2.45) is 11.8 Å². The third kappa shape index (κ3) is 5.20. The Labute approximate surface area is 171 Å². The summed E-state index contributed by atoms with van der Waals surface area (Å²) in [5.74, 6) is 1.07. The predicted octanol–water partition coefficient (Wildman–Crippen LogP) is 3.27. The molecule has 0 aliphatic carbocycles. The molecule has 0 spiro atoms.